The molecule has 0 saturated heterocycles. The molecule has 0 fully saturated rings. The average Bonchev–Trinajstić information content (AvgIpc) is 2.65. The Kier molecular flexibility index (Phi) is 5.60. The summed E-state index contributed by atoms with van der Waals surface area (Å²) in [5.41, 5.74) is 0. The van der Waals surface area contributed by atoms with Crippen LogP contribution >= 0.6 is 0 Å². The Morgan fingerprint density at radius 1 is 0.273 bits per heavy atom. The van der Waals surface area contributed by atoms with Crippen molar-refractivity contribution in [1.29, 1.82) is 0 Å². The zero-order valence-corrected chi connectivity index (χ0v) is 16.8. The Balaban J connectivity index is 1.57. The molecule has 0 spiro atoms. The monoisotopic (exact) mass is 450 g/mol. The predicted molar refractivity (Wildman–Crippen MR) is 116 cm³/mol. The Morgan fingerprint density at radius 3 is 0.697 bits per heavy atom. The summed E-state index contributed by atoms with van der Waals surface area (Å²) in [7, 11) is 0. The smallest absolute Gasteiger partial charge is 0.134 e. The fourth-order valence-electron chi connectivity index (χ4n) is 3.01. The average molecular weight is 450 g/mol. The Bertz CT molecular complexity index is 1180. The highest BCUT2D eigenvalue weighted by molar-refractivity contribution is 5.50. The van der Waals surface area contributed by atoms with Gasteiger partial charge in [-0.1, -0.05) is 0 Å². The third-order valence-corrected chi connectivity index (χ3v) is 4.19. The zero-order valence-electron chi connectivity index (χ0n) is 16.8. The van der Waals surface area contributed by atoms with Crippen LogP contribution in [0.15, 0.2) is 72.8 Å². The van der Waals surface area contributed by atoms with Crippen molar-refractivity contribution >= 4 is 0 Å². The lowest BCUT2D eigenvalue weighted by atomic mass is 10.2. The molecule has 9 nitrogen and oxygen atoms in total. The number of hydrogen-bond donors (Lipinski definition) is 6. The first-order chi connectivity index (χ1) is 15.7. The van der Waals surface area contributed by atoms with Gasteiger partial charge in [0.2, 0.25) is 0 Å². The van der Waals surface area contributed by atoms with Crippen molar-refractivity contribution in [2.45, 2.75) is 0 Å². The maximum atomic E-state index is 10.0. The second kappa shape index (κ2) is 8.67. The molecule has 0 saturated carbocycles. The largest absolute Gasteiger partial charge is 0.508 e. The van der Waals surface area contributed by atoms with E-state index in [2.05, 4.69) is 0 Å². The minimum atomic E-state index is -0.200. The maximum Gasteiger partial charge on any atom is 0.134 e. The summed E-state index contributed by atoms with van der Waals surface area (Å²) in [6.07, 6.45) is 0. The Labute approximate surface area is 187 Å². The van der Waals surface area contributed by atoms with Gasteiger partial charge in [0.25, 0.3) is 0 Å². The van der Waals surface area contributed by atoms with Crippen molar-refractivity contribution in [3.05, 3.63) is 72.8 Å². The Hall–Kier alpha value is -4.92. The van der Waals surface area contributed by atoms with Crippen LogP contribution in [-0.4, -0.2) is 30.6 Å². The molecule has 6 N–H and O–H groups in total. The molecule has 0 bridgehead atoms. The summed E-state index contributed by atoms with van der Waals surface area (Å²) < 4.78 is 16.8. The Morgan fingerprint density at radius 2 is 0.455 bits per heavy atom. The first-order valence-electron chi connectivity index (χ1n) is 9.49. The van der Waals surface area contributed by atoms with Crippen molar-refractivity contribution < 1.29 is 44.8 Å². The SMILES string of the molecule is Oc1cc(O)cc(Oc2cc(O)cc(Oc3cc(O)cc(Oc4cc(O)cc(O)c4)c3)c2)c1. The summed E-state index contributed by atoms with van der Waals surface area (Å²) >= 11 is 0. The van der Waals surface area contributed by atoms with Gasteiger partial charge in [0.15, 0.2) is 0 Å². The van der Waals surface area contributed by atoms with Gasteiger partial charge in [-0.25, -0.2) is 0 Å². The van der Waals surface area contributed by atoms with Crippen molar-refractivity contribution in [1.82, 2.24) is 0 Å². The topological polar surface area (TPSA) is 149 Å². The third-order valence-electron chi connectivity index (χ3n) is 4.19. The molecule has 0 atom stereocenters. The first kappa shape index (κ1) is 21.3. The maximum absolute atomic E-state index is 10.0. The van der Waals surface area contributed by atoms with E-state index in [1.54, 1.807) is 0 Å². The first-order valence-corrected chi connectivity index (χ1v) is 9.49. The van der Waals surface area contributed by atoms with Crippen LogP contribution in [0.3, 0.4) is 0 Å². The number of benzene rings is 4. The zero-order chi connectivity index (χ0) is 23.5. The van der Waals surface area contributed by atoms with E-state index in [9.17, 15) is 30.6 Å². The summed E-state index contributed by atoms with van der Waals surface area (Å²) in [6, 6.07) is 15.5. The quantitative estimate of drug-likeness (QED) is 0.230. The minimum Gasteiger partial charge on any atom is -0.508 e. The molecule has 0 unspecified atom stereocenters. The van der Waals surface area contributed by atoms with Crippen molar-refractivity contribution in [2.24, 2.45) is 0 Å². The summed E-state index contributed by atoms with van der Waals surface area (Å²) in [4.78, 5) is 0. The molecule has 0 amide bonds. The lowest BCUT2D eigenvalue weighted by Crippen LogP contribution is -1.89. The summed E-state index contributed by atoms with van der Waals surface area (Å²) in [6.45, 7) is 0. The van der Waals surface area contributed by atoms with Gasteiger partial charge in [-0.05, 0) is 0 Å². The number of hydrogen-bond acceptors (Lipinski definition) is 9. The van der Waals surface area contributed by atoms with Crippen molar-refractivity contribution in [3.63, 3.8) is 0 Å². The summed E-state index contributed by atoms with van der Waals surface area (Å²) in [5.74, 6) is -0.285. The highest BCUT2D eigenvalue weighted by Gasteiger charge is 2.10. The molecular weight excluding hydrogens is 432 g/mol. The van der Waals surface area contributed by atoms with Gasteiger partial charge in [-0.15, -0.1) is 0 Å². The summed E-state index contributed by atoms with van der Waals surface area (Å²) in [5, 5.41) is 58.4. The van der Waals surface area contributed by atoms with Crippen LogP contribution in [-0.2, 0) is 0 Å². The van der Waals surface area contributed by atoms with E-state index in [0.29, 0.717) is 0 Å². The molecule has 4 aromatic rings. The molecule has 0 aromatic heterocycles. The van der Waals surface area contributed by atoms with Crippen LogP contribution in [0.4, 0.5) is 0 Å². The normalized spacial score (nSPS) is 10.5. The molecular formula is C24H18O9. The number of phenols is 6. The molecule has 0 aliphatic carbocycles. The number of rotatable bonds is 6. The molecule has 33 heavy (non-hydrogen) atoms. The van der Waals surface area contributed by atoms with Crippen LogP contribution in [0.5, 0.6) is 69.0 Å². The minimum absolute atomic E-state index is 0.131. The van der Waals surface area contributed by atoms with Gasteiger partial charge in [-0.2, -0.15) is 0 Å². The standard InChI is InChI=1S/C24H18O9/c25-13-1-14(26)4-19(3-13)31-21-7-17(29)9-23(11-21)33-24-10-18(30)8-22(12-24)32-20-5-15(27)2-16(28)6-20/h1-12,25-30H. The van der Waals surface area contributed by atoms with Crippen molar-refractivity contribution in [3.8, 4) is 69.0 Å². The molecule has 9 heteroatoms. The van der Waals surface area contributed by atoms with E-state index >= 15 is 0 Å². The number of ether oxygens (including phenoxy) is 3. The number of aromatic hydroxyl groups is 6. The lowest BCUT2D eigenvalue weighted by molar-refractivity contribution is 0.417. The molecule has 0 heterocycles. The third kappa shape index (κ3) is 5.61. The van der Waals surface area contributed by atoms with E-state index in [1.165, 1.54) is 60.7 Å². The second-order valence-corrected chi connectivity index (χ2v) is 7.00. The van der Waals surface area contributed by atoms with E-state index < -0.39 is 0 Å². The number of phenolic OH excluding ortho intramolecular Hbond substituents is 6. The van der Waals surface area contributed by atoms with Crippen LogP contribution in [0, 0.1) is 0 Å². The van der Waals surface area contributed by atoms with Crippen LogP contribution in [0.2, 0.25) is 0 Å². The molecule has 4 rings (SSSR count). The predicted octanol–water partition coefficient (Wildman–Crippen LogP) is 5.30. The van der Waals surface area contributed by atoms with E-state index in [-0.39, 0.29) is 69.0 Å². The highest BCUT2D eigenvalue weighted by Crippen LogP contribution is 2.38. The van der Waals surface area contributed by atoms with Crippen LogP contribution in [0.1, 0.15) is 0 Å². The van der Waals surface area contributed by atoms with Gasteiger partial charge in [0.1, 0.15) is 69.0 Å². The fraction of sp³-hybridized carbons (Fsp3) is 0. The van der Waals surface area contributed by atoms with E-state index in [1.807, 2.05) is 0 Å². The van der Waals surface area contributed by atoms with Gasteiger partial charge in [-0.3, -0.25) is 0 Å². The van der Waals surface area contributed by atoms with E-state index in [0.717, 1.165) is 12.1 Å². The van der Waals surface area contributed by atoms with E-state index in [4.69, 9.17) is 14.2 Å². The molecule has 0 radical (unpaired) electrons. The molecule has 168 valence electrons. The highest BCUT2D eigenvalue weighted by atomic mass is 16.5. The molecule has 0 aliphatic heterocycles. The lowest BCUT2D eigenvalue weighted by Gasteiger charge is -2.12. The van der Waals surface area contributed by atoms with Crippen molar-refractivity contribution in [2.75, 3.05) is 0 Å². The van der Waals surface area contributed by atoms with Gasteiger partial charge < -0.3 is 44.8 Å². The van der Waals surface area contributed by atoms with Gasteiger partial charge in [0, 0.05) is 72.8 Å². The molecule has 4 aromatic carbocycles. The van der Waals surface area contributed by atoms with Crippen LogP contribution in [0.25, 0.3) is 0 Å². The second-order valence-electron chi connectivity index (χ2n) is 7.00. The van der Waals surface area contributed by atoms with Gasteiger partial charge in [0.05, 0.1) is 0 Å². The van der Waals surface area contributed by atoms with Gasteiger partial charge >= 0.3 is 0 Å². The molecule has 0 aliphatic rings. The fourth-order valence-corrected chi connectivity index (χ4v) is 3.01. The van der Waals surface area contributed by atoms with Crippen LogP contribution < -0.4 is 14.2 Å².